The van der Waals surface area contributed by atoms with Crippen LogP contribution in [0.5, 0.6) is 0 Å². The van der Waals surface area contributed by atoms with Crippen molar-refractivity contribution < 1.29 is 21.6 Å². The van der Waals surface area contributed by atoms with Crippen LogP contribution in [0.4, 0.5) is 13.2 Å². The van der Waals surface area contributed by atoms with Gasteiger partial charge in [-0.1, -0.05) is 13.0 Å². The number of nitrogens with one attached hydrogen (secondary N) is 4. The summed E-state index contributed by atoms with van der Waals surface area (Å²) in [5.74, 6) is -1.00. The first-order valence-electron chi connectivity index (χ1n) is 10.6. The molecule has 0 spiro atoms. The van der Waals surface area contributed by atoms with Crippen molar-refractivity contribution in [2.24, 2.45) is 11.8 Å². The molecule has 0 amide bonds. The summed E-state index contributed by atoms with van der Waals surface area (Å²) in [5.41, 5.74) is 6.15. The summed E-state index contributed by atoms with van der Waals surface area (Å²) < 4.78 is 67.6. The highest BCUT2D eigenvalue weighted by Crippen LogP contribution is 2.32. The van der Waals surface area contributed by atoms with Gasteiger partial charge in [-0.25, -0.2) is 23.6 Å². The molecular formula is C18H31F3N6O2S. The normalized spacial score (nSPS) is 38.6. The summed E-state index contributed by atoms with van der Waals surface area (Å²) in [6.07, 6.45) is 0.932. The predicted octanol–water partition coefficient (Wildman–Crippen LogP) is 0.484. The lowest BCUT2D eigenvalue weighted by Crippen LogP contribution is -2.59. The third-order valence-electron chi connectivity index (χ3n) is 6.89. The fourth-order valence-electron chi connectivity index (χ4n) is 5.15. The van der Waals surface area contributed by atoms with Crippen molar-refractivity contribution in [3.8, 4) is 0 Å². The van der Waals surface area contributed by atoms with Crippen LogP contribution < -0.4 is 20.9 Å². The number of rotatable bonds is 5. The summed E-state index contributed by atoms with van der Waals surface area (Å²) in [5, 5.41) is 6.02. The van der Waals surface area contributed by atoms with Crippen LogP contribution in [0.25, 0.3) is 0 Å². The highest BCUT2D eigenvalue weighted by Gasteiger charge is 2.46. The van der Waals surface area contributed by atoms with Gasteiger partial charge in [-0.05, 0) is 31.6 Å². The van der Waals surface area contributed by atoms with Gasteiger partial charge < -0.3 is 5.01 Å². The van der Waals surface area contributed by atoms with Crippen molar-refractivity contribution in [1.29, 1.82) is 0 Å². The molecule has 0 bridgehead atoms. The first kappa shape index (κ1) is 22.3. The Labute approximate surface area is 175 Å². The van der Waals surface area contributed by atoms with E-state index < -0.39 is 27.4 Å². The number of hydrogen-bond acceptors (Lipinski definition) is 7. The molecule has 0 aromatic heterocycles. The average Bonchev–Trinajstić information content (AvgIpc) is 3.35. The van der Waals surface area contributed by atoms with E-state index in [9.17, 15) is 21.6 Å². The molecule has 4 rings (SSSR count). The molecule has 0 radical (unpaired) electrons. The fraction of sp³-hybridized carbons (Fsp3) is 0.889. The molecule has 1 saturated carbocycles. The number of hydrogen-bond donors (Lipinski definition) is 4. The van der Waals surface area contributed by atoms with Crippen LogP contribution in [0.15, 0.2) is 12.8 Å². The van der Waals surface area contributed by atoms with Gasteiger partial charge >= 0.3 is 6.18 Å². The summed E-state index contributed by atoms with van der Waals surface area (Å²) in [6, 6.07) is -0.104. The van der Waals surface area contributed by atoms with Crippen molar-refractivity contribution in [3.63, 3.8) is 0 Å². The predicted molar refractivity (Wildman–Crippen MR) is 106 cm³/mol. The highest BCUT2D eigenvalue weighted by molar-refractivity contribution is 7.90. The average molecular weight is 453 g/mol. The Kier molecular flexibility index (Phi) is 6.35. The van der Waals surface area contributed by atoms with Gasteiger partial charge in [0.25, 0.3) is 0 Å². The molecule has 4 N–H and O–H groups in total. The van der Waals surface area contributed by atoms with Gasteiger partial charge in [-0.3, -0.25) is 10.7 Å². The van der Waals surface area contributed by atoms with Crippen molar-refractivity contribution in [1.82, 2.24) is 30.9 Å². The minimum atomic E-state index is -4.22. The first-order valence-corrected chi connectivity index (χ1v) is 12.2. The van der Waals surface area contributed by atoms with Gasteiger partial charge in [-0.15, -0.1) is 0 Å². The molecule has 3 heterocycles. The molecule has 0 aromatic rings. The van der Waals surface area contributed by atoms with Crippen LogP contribution in [0.1, 0.15) is 32.1 Å². The van der Waals surface area contributed by atoms with E-state index >= 15 is 0 Å². The van der Waals surface area contributed by atoms with Crippen molar-refractivity contribution >= 4 is 10.0 Å². The number of piperidine rings is 1. The lowest BCUT2D eigenvalue weighted by molar-refractivity contribution is -0.167. The van der Waals surface area contributed by atoms with Crippen LogP contribution in [0.2, 0.25) is 0 Å². The second-order valence-corrected chi connectivity index (χ2v) is 10.8. The Morgan fingerprint density at radius 2 is 1.90 bits per heavy atom. The molecule has 12 heteroatoms. The Morgan fingerprint density at radius 3 is 2.53 bits per heavy atom. The van der Waals surface area contributed by atoms with E-state index in [0.717, 1.165) is 25.8 Å². The highest BCUT2D eigenvalue weighted by atomic mass is 32.2. The van der Waals surface area contributed by atoms with Gasteiger partial charge in [0.05, 0.1) is 17.3 Å². The molecule has 6 unspecified atom stereocenters. The number of halogens is 3. The topological polar surface area (TPSA) is 88.7 Å². The van der Waals surface area contributed by atoms with E-state index in [0.29, 0.717) is 18.8 Å². The second kappa shape index (κ2) is 8.55. The zero-order valence-electron chi connectivity index (χ0n) is 16.9. The summed E-state index contributed by atoms with van der Waals surface area (Å²) in [4.78, 5) is 0. The summed E-state index contributed by atoms with van der Waals surface area (Å²) >= 11 is 0. The molecule has 3 saturated heterocycles. The van der Waals surface area contributed by atoms with E-state index in [-0.39, 0.29) is 37.9 Å². The number of sulfonamides is 1. The molecule has 30 heavy (non-hydrogen) atoms. The smallest absolute Gasteiger partial charge is 0.316 e. The lowest BCUT2D eigenvalue weighted by Gasteiger charge is -2.37. The van der Waals surface area contributed by atoms with E-state index in [2.05, 4.69) is 27.5 Å². The van der Waals surface area contributed by atoms with E-state index in [1.54, 1.807) is 11.2 Å². The van der Waals surface area contributed by atoms with Gasteiger partial charge in [0.1, 0.15) is 0 Å². The molecule has 4 aliphatic rings. The number of nitrogens with zero attached hydrogens (tertiary/aromatic N) is 2. The maximum atomic E-state index is 13.0. The zero-order valence-corrected chi connectivity index (χ0v) is 17.7. The maximum Gasteiger partial charge on any atom is 0.394 e. The minimum Gasteiger partial charge on any atom is -0.316 e. The molecular weight excluding hydrogens is 421 g/mol. The van der Waals surface area contributed by atoms with E-state index in [1.165, 1.54) is 0 Å². The van der Waals surface area contributed by atoms with Crippen molar-refractivity contribution in [3.05, 3.63) is 12.8 Å². The zero-order chi connectivity index (χ0) is 21.5. The summed E-state index contributed by atoms with van der Waals surface area (Å²) in [7, 11) is -3.54. The summed E-state index contributed by atoms with van der Waals surface area (Å²) in [6.45, 7) is 4.58. The third kappa shape index (κ3) is 4.63. The van der Waals surface area contributed by atoms with Crippen LogP contribution in [-0.2, 0) is 10.0 Å². The van der Waals surface area contributed by atoms with Crippen molar-refractivity contribution in [2.75, 3.05) is 26.2 Å². The minimum absolute atomic E-state index is 0.0592. The van der Waals surface area contributed by atoms with Gasteiger partial charge in [0.15, 0.2) is 0 Å². The molecule has 1 aliphatic carbocycles. The van der Waals surface area contributed by atoms with Crippen LogP contribution in [0.3, 0.4) is 0 Å². The van der Waals surface area contributed by atoms with Crippen molar-refractivity contribution in [2.45, 2.75) is 61.8 Å². The number of alkyl halides is 3. The molecule has 4 fully saturated rings. The van der Waals surface area contributed by atoms with Gasteiger partial charge in [0.2, 0.25) is 10.0 Å². The van der Waals surface area contributed by atoms with E-state index in [4.69, 9.17) is 0 Å². The Morgan fingerprint density at radius 1 is 1.10 bits per heavy atom. The third-order valence-corrected chi connectivity index (χ3v) is 8.80. The van der Waals surface area contributed by atoms with Crippen LogP contribution >= 0.6 is 0 Å². The lowest BCUT2D eigenvalue weighted by atomic mass is 9.83. The molecule has 6 atom stereocenters. The number of fused-ring (bicyclic) bond motifs is 1. The Bertz CT molecular complexity index is 728. The molecule has 3 aliphatic heterocycles. The van der Waals surface area contributed by atoms with Crippen LogP contribution in [0, 0.1) is 11.8 Å². The molecule has 8 nitrogen and oxygen atoms in total. The molecule has 0 aromatic carbocycles. The number of hydrazine groups is 2. The Balaban J connectivity index is 1.30. The first-order chi connectivity index (χ1) is 14.2. The SMILES string of the molecule is C=CN1CC2CCCC(NS(=O)(=O)C3CCC(N4CC(C(F)(F)F)CN4)NC3)C2N1. The van der Waals surface area contributed by atoms with Gasteiger partial charge in [-0.2, -0.15) is 13.2 Å². The monoisotopic (exact) mass is 452 g/mol. The van der Waals surface area contributed by atoms with Crippen LogP contribution in [-0.4, -0.2) is 74.3 Å². The second-order valence-electron chi connectivity index (χ2n) is 8.83. The van der Waals surface area contributed by atoms with Gasteiger partial charge in [0, 0.05) is 44.5 Å². The largest absolute Gasteiger partial charge is 0.394 e. The quantitative estimate of drug-likeness (QED) is 0.483. The maximum absolute atomic E-state index is 13.0. The molecule has 172 valence electrons. The van der Waals surface area contributed by atoms with E-state index in [1.807, 2.05) is 5.01 Å². The Hall–Kier alpha value is -0.920. The fourth-order valence-corrected chi connectivity index (χ4v) is 6.79. The standard InChI is InChI=1S/C18H31F3N6O2S/c1-2-26-10-12-4-3-5-15(17(12)24-26)25-30(28,29)14-6-7-16(22-9-14)27-11-13(8-23-27)18(19,20)21/h2,12-17,22-25H,1,3-11H2.